The first-order valence-electron chi connectivity index (χ1n) is 4.54. The van der Waals surface area contributed by atoms with Gasteiger partial charge in [0.25, 0.3) is 0 Å². The van der Waals surface area contributed by atoms with Gasteiger partial charge in [0.15, 0.2) is 0 Å². The third-order valence-electron chi connectivity index (χ3n) is 2.03. The lowest BCUT2D eigenvalue weighted by Gasteiger charge is -2.07. The Morgan fingerprint density at radius 1 is 1.38 bits per heavy atom. The van der Waals surface area contributed by atoms with Gasteiger partial charge in [-0.15, -0.1) is 0 Å². The Hall–Kier alpha value is -0.560. The molecule has 0 amide bonds. The SMILES string of the molecule is CC(C)CCc1c(F)cccc1Cl. The second kappa shape index (κ2) is 4.61. The van der Waals surface area contributed by atoms with Crippen LogP contribution >= 0.6 is 11.6 Å². The highest BCUT2D eigenvalue weighted by molar-refractivity contribution is 6.31. The van der Waals surface area contributed by atoms with Gasteiger partial charge in [-0.25, -0.2) is 4.39 Å². The summed E-state index contributed by atoms with van der Waals surface area (Å²) in [7, 11) is 0. The van der Waals surface area contributed by atoms with E-state index in [0.717, 1.165) is 12.8 Å². The van der Waals surface area contributed by atoms with Crippen LogP contribution in [0, 0.1) is 11.7 Å². The Morgan fingerprint density at radius 3 is 2.62 bits per heavy atom. The Labute approximate surface area is 83.7 Å². The summed E-state index contributed by atoms with van der Waals surface area (Å²) in [6.07, 6.45) is 1.70. The van der Waals surface area contributed by atoms with Gasteiger partial charge in [-0.05, 0) is 30.9 Å². The fraction of sp³-hybridized carbons (Fsp3) is 0.455. The Morgan fingerprint density at radius 2 is 2.08 bits per heavy atom. The maximum absolute atomic E-state index is 13.2. The van der Waals surface area contributed by atoms with Gasteiger partial charge in [0.2, 0.25) is 0 Å². The van der Waals surface area contributed by atoms with E-state index in [9.17, 15) is 4.39 Å². The molecular formula is C11H14ClF. The Kier molecular flexibility index (Phi) is 3.73. The zero-order chi connectivity index (χ0) is 9.84. The van der Waals surface area contributed by atoms with Crippen molar-refractivity contribution in [1.29, 1.82) is 0 Å². The van der Waals surface area contributed by atoms with Crippen LogP contribution in [0.1, 0.15) is 25.8 Å². The summed E-state index contributed by atoms with van der Waals surface area (Å²) in [5.74, 6) is 0.392. The molecule has 2 heteroatoms. The summed E-state index contributed by atoms with van der Waals surface area (Å²) in [6, 6.07) is 4.83. The van der Waals surface area contributed by atoms with Gasteiger partial charge in [-0.2, -0.15) is 0 Å². The minimum Gasteiger partial charge on any atom is -0.207 e. The van der Waals surface area contributed by atoms with Crippen molar-refractivity contribution in [3.8, 4) is 0 Å². The van der Waals surface area contributed by atoms with Crippen LogP contribution in [0.4, 0.5) is 4.39 Å². The molecule has 1 rings (SSSR count). The molecule has 0 aliphatic heterocycles. The first-order valence-corrected chi connectivity index (χ1v) is 4.92. The summed E-state index contributed by atoms with van der Waals surface area (Å²) in [5.41, 5.74) is 0.651. The highest BCUT2D eigenvalue weighted by Gasteiger charge is 2.06. The lowest BCUT2D eigenvalue weighted by Crippen LogP contribution is -1.96. The molecule has 0 N–H and O–H groups in total. The molecule has 0 saturated carbocycles. The number of rotatable bonds is 3. The van der Waals surface area contributed by atoms with Gasteiger partial charge >= 0.3 is 0 Å². The van der Waals surface area contributed by atoms with E-state index >= 15 is 0 Å². The number of halogens is 2. The molecule has 0 radical (unpaired) electrons. The molecule has 0 saturated heterocycles. The number of hydrogen-bond donors (Lipinski definition) is 0. The lowest BCUT2D eigenvalue weighted by atomic mass is 10.0. The molecule has 0 aromatic heterocycles. The molecule has 1 aromatic rings. The van der Waals surface area contributed by atoms with E-state index < -0.39 is 0 Å². The third kappa shape index (κ3) is 3.00. The van der Waals surface area contributed by atoms with Crippen molar-refractivity contribution in [1.82, 2.24) is 0 Å². The zero-order valence-electron chi connectivity index (χ0n) is 7.98. The van der Waals surface area contributed by atoms with Crippen molar-refractivity contribution >= 4 is 11.6 Å². The average molecular weight is 201 g/mol. The first-order chi connectivity index (χ1) is 6.11. The summed E-state index contributed by atoms with van der Waals surface area (Å²) >= 11 is 5.87. The summed E-state index contributed by atoms with van der Waals surface area (Å²) in [6.45, 7) is 4.24. The Balaban J connectivity index is 2.75. The minimum atomic E-state index is -0.187. The highest BCUT2D eigenvalue weighted by Crippen LogP contribution is 2.21. The molecule has 0 unspecified atom stereocenters. The van der Waals surface area contributed by atoms with E-state index in [-0.39, 0.29) is 5.82 Å². The lowest BCUT2D eigenvalue weighted by molar-refractivity contribution is 0.558. The van der Waals surface area contributed by atoms with Crippen molar-refractivity contribution in [2.24, 2.45) is 5.92 Å². The van der Waals surface area contributed by atoms with Gasteiger partial charge in [0.05, 0.1) is 0 Å². The van der Waals surface area contributed by atoms with Crippen LogP contribution < -0.4 is 0 Å². The van der Waals surface area contributed by atoms with Crippen LogP contribution in [0.25, 0.3) is 0 Å². The average Bonchev–Trinajstić information content (AvgIpc) is 2.03. The Bertz CT molecular complexity index is 261. The summed E-state index contributed by atoms with van der Waals surface area (Å²) < 4.78 is 13.2. The predicted molar refractivity (Wildman–Crippen MR) is 54.6 cm³/mol. The van der Waals surface area contributed by atoms with Crippen LogP contribution in [0.3, 0.4) is 0 Å². The van der Waals surface area contributed by atoms with Crippen LogP contribution in [-0.4, -0.2) is 0 Å². The van der Waals surface area contributed by atoms with Gasteiger partial charge in [0.1, 0.15) is 5.82 Å². The normalized spacial score (nSPS) is 10.8. The summed E-state index contributed by atoms with van der Waals surface area (Å²) in [4.78, 5) is 0. The molecule has 0 aliphatic carbocycles. The second-order valence-electron chi connectivity index (χ2n) is 3.63. The molecule has 0 aliphatic rings. The molecule has 72 valence electrons. The molecule has 0 bridgehead atoms. The van der Waals surface area contributed by atoms with Crippen molar-refractivity contribution in [3.63, 3.8) is 0 Å². The standard InChI is InChI=1S/C11H14ClF/c1-8(2)6-7-9-10(12)4-3-5-11(9)13/h3-5,8H,6-7H2,1-2H3. The van der Waals surface area contributed by atoms with E-state index in [4.69, 9.17) is 11.6 Å². The monoisotopic (exact) mass is 200 g/mol. The van der Waals surface area contributed by atoms with E-state index in [2.05, 4.69) is 13.8 Å². The molecule has 13 heavy (non-hydrogen) atoms. The molecule has 1 aromatic carbocycles. The van der Waals surface area contributed by atoms with Crippen LogP contribution in [-0.2, 0) is 6.42 Å². The maximum Gasteiger partial charge on any atom is 0.127 e. The van der Waals surface area contributed by atoms with E-state index in [0.29, 0.717) is 16.5 Å². The topological polar surface area (TPSA) is 0 Å². The first kappa shape index (κ1) is 10.5. The van der Waals surface area contributed by atoms with Crippen molar-refractivity contribution in [2.75, 3.05) is 0 Å². The van der Waals surface area contributed by atoms with Crippen molar-refractivity contribution < 1.29 is 4.39 Å². The fourth-order valence-electron chi connectivity index (χ4n) is 1.20. The van der Waals surface area contributed by atoms with Gasteiger partial charge < -0.3 is 0 Å². The number of benzene rings is 1. The maximum atomic E-state index is 13.2. The summed E-state index contributed by atoms with van der Waals surface area (Å²) in [5, 5.41) is 0.542. The van der Waals surface area contributed by atoms with Gasteiger partial charge in [0, 0.05) is 10.6 Å². The number of hydrogen-bond acceptors (Lipinski definition) is 0. The smallest absolute Gasteiger partial charge is 0.127 e. The quantitative estimate of drug-likeness (QED) is 0.690. The minimum absolute atomic E-state index is 0.187. The predicted octanol–water partition coefficient (Wildman–Crippen LogP) is 4.07. The zero-order valence-corrected chi connectivity index (χ0v) is 8.74. The molecule has 0 fully saturated rings. The van der Waals surface area contributed by atoms with Crippen molar-refractivity contribution in [3.05, 3.63) is 34.6 Å². The molecule has 0 atom stereocenters. The molecule has 0 nitrogen and oxygen atoms in total. The van der Waals surface area contributed by atoms with Gasteiger partial charge in [-0.3, -0.25) is 0 Å². The van der Waals surface area contributed by atoms with E-state index in [1.54, 1.807) is 12.1 Å². The van der Waals surface area contributed by atoms with Crippen LogP contribution in [0.5, 0.6) is 0 Å². The largest absolute Gasteiger partial charge is 0.207 e. The molecule has 0 heterocycles. The van der Waals surface area contributed by atoms with Gasteiger partial charge in [-0.1, -0.05) is 31.5 Å². The molecule has 0 spiro atoms. The molecular weight excluding hydrogens is 187 g/mol. The fourth-order valence-corrected chi connectivity index (χ4v) is 1.46. The third-order valence-corrected chi connectivity index (χ3v) is 2.39. The van der Waals surface area contributed by atoms with Crippen LogP contribution in [0.2, 0.25) is 5.02 Å². The van der Waals surface area contributed by atoms with E-state index in [1.807, 2.05) is 0 Å². The van der Waals surface area contributed by atoms with E-state index in [1.165, 1.54) is 6.07 Å². The van der Waals surface area contributed by atoms with Crippen molar-refractivity contribution in [2.45, 2.75) is 26.7 Å². The highest BCUT2D eigenvalue weighted by atomic mass is 35.5. The second-order valence-corrected chi connectivity index (χ2v) is 4.04. The van der Waals surface area contributed by atoms with Crippen LogP contribution in [0.15, 0.2) is 18.2 Å².